The lowest BCUT2D eigenvalue weighted by atomic mass is 10.1. The summed E-state index contributed by atoms with van der Waals surface area (Å²) in [6.45, 7) is 4.50. The van der Waals surface area contributed by atoms with Crippen LogP contribution in [0.5, 0.6) is 0 Å². The first kappa shape index (κ1) is 23.8. The number of para-hydroxylation sites is 1. The van der Waals surface area contributed by atoms with Crippen LogP contribution in [0.25, 0.3) is 10.9 Å². The molecule has 0 aliphatic carbocycles. The SMILES string of the molecule is Cc1ccc2c(N[C@H]3CCN(CC(=O)N4CCC[C@H]4C#N)C3)ccc(C(=O)Nc3ccccc3)c2n1. The molecule has 3 heterocycles. The van der Waals surface area contributed by atoms with Gasteiger partial charge in [-0.1, -0.05) is 18.2 Å². The van der Waals surface area contributed by atoms with Crippen LogP contribution in [0, 0.1) is 18.3 Å². The van der Waals surface area contributed by atoms with Crippen molar-refractivity contribution in [3.8, 4) is 6.07 Å². The molecule has 2 saturated heterocycles. The van der Waals surface area contributed by atoms with Crippen molar-refractivity contribution in [2.45, 2.75) is 38.3 Å². The molecular weight excluding hydrogens is 452 g/mol. The standard InChI is InChI=1S/C28H30N6O2/c1-19-9-10-23-25(12-11-24(27(23)30-19)28(36)32-20-6-3-2-4-7-20)31-21-13-15-33(17-21)18-26(35)34-14-5-8-22(34)16-29/h2-4,6-7,9-12,21-22,31H,5,8,13-15,17-18H2,1H3,(H,32,36)/t21-,22-/m0/s1. The first-order valence-corrected chi connectivity index (χ1v) is 12.5. The fraction of sp³-hybridized carbons (Fsp3) is 0.357. The predicted molar refractivity (Wildman–Crippen MR) is 140 cm³/mol. The molecule has 0 spiro atoms. The Morgan fingerprint density at radius 1 is 1.08 bits per heavy atom. The summed E-state index contributed by atoms with van der Waals surface area (Å²) in [5.74, 6) is -0.155. The van der Waals surface area contributed by atoms with Crippen LogP contribution in [-0.2, 0) is 4.79 Å². The number of aromatic nitrogens is 1. The van der Waals surface area contributed by atoms with Crippen molar-refractivity contribution < 1.29 is 9.59 Å². The molecule has 1 aromatic heterocycles. The molecule has 2 aromatic carbocycles. The molecule has 2 fully saturated rings. The van der Waals surface area contributed by atoms with Gasteiger partial charge in [-0.15, -0.1) is 0 Å². The van der Waals surface area contributed by atoms with Crippen molar-refractivity contribution >= 4 is 34.1 Å². The summed E-state index contributed by atoms with van der Waals surface area (Å²) < 4.78 is 0. The molecule has 5 rings (SSSR count). The second-order valence-corrected chi connectivity index (χ2v) is 9.57. The number of amides is 2. The highest BCUT2D eigenvalue weighted by molar-refractivity contribution is 6.13. The maximum absolute atomic E-state index is 13.1. The normalized spacial score (nSPS) is 19.8. The van der Waals surface area contributed by atoms with Crippen LogP contribution in [-0.4, -0.2) is 64.9 Å². The largest absolute Gasteiger partial charge is 0.380 e. The van der Waals surface area contributed by atoms with Gasteiger partial charge < -0.3 is 15.5 Å². The zero-order chi connectivity index (χ0) is 25.1. The predicted octanol–water partition coefficient (Wildman–Crippen LogP) is 3.80. The number of likely N-dealkylation sites (tertiary alicyclic amines) is 2. The van der Waals surface area contributed by atoms with E-state index in [9.17, 15) is 14.9 Å². The molecule has 36 heavy (non-hydrogen) atoms. The van der Waals surface area contributed by atoms with Gasteiger partial charge in [-0.25, -0.2) is 0 Å². The zero-order valence-corrected chi connectivity index (χ0v) is 20.4. The van der Waals surface area contributed by atoms with E-state index in [4.69, 9.17) is 4.98 Å². The fourth-order valence-corrected chi connectivity index (χ4v) is 5.14. The zero-order valence-electron chi connectivity index (χ0n) is 20.4. The number of carbonyl (C=O) groups excluding carboxylic acids is 2. The molecule has 3 aromatic rings. The van der Waals surface area contributed by atoms with E-state index >= 15 is 0 Å². The number of aryl methyl sites for hydroxylation is 1. The van der Waals surface area contributed by atoms with Crippen LogP contribution in [0.1, 0.15) is 35.3 Å². The van der Waals surface area contributed by atoms with Gasteiger partial charge in [-0.05, 0) is 62.6 Å². The van der Waals surface area contributed by atoms with E-state index in [1.165, 1.54) is 0 Å². The Morgan fingerprint density at radius 2 is 1.92 bits per heavy atom. The van der Waals surface area contributed by atoms with Crippen molar-refractivity contribution in [3.05, 3.63) is 65.9 Å². The number of fused-ring (bicyclic) bond motifs is 1. The van der Waals surface area contributed by atoms with E-state index in [0.29, 0.717) is 24.2 Å². The Bertz CT molecular complexity index is 1320. The Balaban J connectivity index is 1.29. The minimum absolute atomic E-state index is 0.0404. The molecule has 8 nitrogen and oxygen atoms in total. The smallest absolute Gasteiger partial charge is 0.257 e. The van der Waals surface area contributed by atoms with Crippen LogP contribution >= 0.6 is 0 Å². The van der Waals surface area contributed by atoms with Crippen molar-refractivity contribution in [1.82, 2.24) is 14.8 Å². The first-order chi connectivity index (χ1) is 17.5. The molecule has 2 aliphatic rings. The number of pyridine rings is 1. The maximum atomic E-state index is 13.1. The molecule has 0 unspecified atom stereocenters. The molecule has 0 saturated carbocycles. The number of carbonyl (C=O) groups is 2. The van der Waals surface area contributed by atoms with Crippen molar-refractivity contribution in [3.63, 3.8) is 0 Å². The molecule has 2 amide bonds. The summed E-state index contributed by atoms with van der Waals surface area (Å²) in [5.41, 5.74) is 3.70. The van der Waals surface area contributed by atoms with Crippen molar-refractivity contribution in [2.75, 3.05) is 36.8 Å². The number of benzene rings is 2. The molecule has 0 radical (unpaired) electrons. The number of rotatable bonds is 6. The number of anilines is 2. The van der Waals surface area contributed by atoms with Gasteiger partial charge in [-0.3, -0.25) is 19.5 Å². The number of nitrogens with zero attached hydrogens (tertiary/aromatic N) is 4. The third kappa shape index (κ3) is 5.02. The van der Waals surface area contributed by atoms with Crippen LogP contribution in [0.15, 0.2) is 54.6 Å². The van der Waals surface area contributed by atoms with E-state index in [1.807, 2.05) is 61.5 Å². The van der Waals surface area contributed by atoms with Crippen LogP contribution in [0.4, 0.5) is 11.4 Å². The fourth-order valence-electron chi connectivity index (χ4n) is 5.14. The molecule has 184 valence electrons. The second kappa shape index (κ2) is 10.3. The Morgan fingerprint density at radius 3 is 2.72 bits per heavy atom. The lowest BCUT2D eigenvalue weighted by molar-refractivity contribution is -0.132. The molecule has 8 heteroatoms. The van der Waals surface area contributed by atoms with Gasteiger partial charge >= 0.3 is 0 Å². The second-order valence-electron chi connectivity index (χ2n) is 9.57. The van der Waals surface area contributed by atoms with E-state index in [0.717, 1.165) is 54.8 Å². The minimum Gasteiger partial charge on any atom is -0.380 e. The quantitative estimate of drug-likeness (QED) is 0.554. The monoisotopic (exact) mass is 482 g/mol. The van der Waals surface area contributed by atoms with Crippen molar-refractivity contribution in [1.29, 1.82) is 5.26 Å². The number of hydrogen-bond acceptors (Lipinski definition) is 6. The highest BCUT2D eigenvalue weighted by Crippen LogP contribution is 2.28. The van der Waals surface area contributed by atoms with Crippen molar-refractivity contribution in [2.24, 2.45) is 0 Å². The van der Waals surface area contributed by atoms with Gasteiger partial charge in [0.1, 0.15) is 6.04 Å². The summed E-state index contributed by atoms with van der Waals surface area (Å²) in [7, 11) is 0. The van der Waals surface area contributed by atoms with Crippen LogP contribution in [0.2, 0.25) is 0 Å². The number of nitrogens with one attached hydrogen (secondary N) is 2. The van der Waals surface area contributed by atoms with Gasteiger partial charge in [0.05, 0.1) is 23.7 Å². The average molecular weight is 483 g/mol. The maximum Gasteiger partial charge on any atom is 0.257 e. The first-order valence-electron chi connectivity index (χ1n) is 12.5. The lowest BCUT2D eigenvalue weighted by Gasteiger charge is -2.23. The molecular formula is C28H30N6O2. The molecule has 2 atom stereocenters. The van der Waals surface area contributed by atoms with Gasteiger partial charge in [0.2, 0.25) is 5.91 Å². The Kier molecular flexibility index (Phi) is 6.83. The summed E-state index contributed by atoms with van der Waals surface area (Å²) >= 11 is 0. The minimum atomic E-state index is -0.283. The Hall–Kier alpha value is -3.96. The summed E-state index contributed by atoms with van der Waals surface area (Å²) in [4.78, 5) is 34.4. The summed E-state index contributed by atoms with van der Waals surface area (Å²) in [5, 5.41) is 16.8. The highest BCUT2D eigenvalue weighted by atomic mass is 16.2. The summed E-state index contributed by atoms with van der Waals surface area (Å²) in [6, 6.07) is 19.2. The molecule has 2 aliphatic heterocycles. The molecule has 2 N–H and O–H groups in total. The number of nitriles is 1. The molecule has 0 bridgehead atoms. The third-order valence-electron chi connectivity index (χ3n) is 6.99. The van der Waals surface area contributed by atoms with Gasteiger partial charge in [0, 0.05) is 48.1 Å². The van der Waals surface area contributed by atoms with Gasteiger partial charge in [-0.2, -0.15) is 5.26 Å². The third-order valence-corrected chi connectivity index (χ3v) is 6.99. The lowest BCUT2D eigenvalue weighted by Crippen LogP contribution is -2.42. The summed E-state index contributed by atoms with van der Waals surface area (Å²) in [6.07, 6.45) is 2.58. The van der Waals surface area contributed by atoms with E-state index in [-0.39, 0.29) is 23.9 Å². The van der Waals surface area contributed by atoms with Gasteiger partial charge in [0.25, 0.3) is 5.91 Å². The van der Waals surface area contributed by atoms with E-state index in [2.05, 4.69) is 21.6 Å². The average Bonchev–Trinajstić information content (AvgIpc) is 3.54. The van der Waals surface area contributed by atoms with Crippen LogP contribution in [0.3, 0.4) is 0 Å². The van der Waals surface area contributed by atoms with Crippen LogP contribution < -0.4 is 10.6 Å². The Labute approximate surface area is 210 Å². The topological polar surface area (TPSA) is 101 Å². The van der Waals surface area contributed by atoms with E-state index in [1.54, 1.807) is 4.90 Å². The van der Waals surface area contributed by atoms with Gasteiger partial charge in [0.15, 0.2) is 0 Å². The van der Waals surface area contributed by atoms with E-state index < -0.39 is 0 Å². The highest BCUT2D eigenvalue weighted by Gasteiger charge is 2.31. The number of hydrogen-bond donors (Lipinski definition) is 2.